The Hall–Kier alpha value is -0.260. The molecule has 0 aromatic heterocycles. The largest absolute Gasteiger partial charge is 0.0799 e. The Morgan fingerprint density at radius 2 is 2.11 bits per heavy atom. The summed E-state index contributed by atoms with van der Waals surface area (Å²) in [6, 6.07) is 0. The van der Waals surface area contributed by atoms with Crippen molar-refractivity contribution in [2.75, 3.05) is 0 Å². The highest BCUT2D eigenvalue weighted by atomic mass is 14.2. The monoisotopic (exact) mass is 123 g/mol. The molecule has 1 radical (unpaired) electrons. The lowest BCUT2D eigenvalue weighted by Crippen LogP contribution is -2.12. The van der Waals surface area contributed by atoms with Gasteiger partial charge in [-0.25, -0.2) is 0 Å². The molecule has 0 amide bonds. The summed E-state index contributed by atoms with van der Waals surface area (Å²) in [6.07, 6.45) is 7.19. The molecule has 1 aliphatic carbocycles. The smallest absolute Gasteiger partial charge is 0.0169 e. The van der Waals surface area contributed by atoms with Gasteiger partial charge in [0.05, 0.1) is 0 Å². The molecular weight excluding hydrogens is 108 g/mol. The van der Waals surface area contributed by atoms with Crippen LogP contribution in [0.15, 0.2) is 11.6 Å². The summed E-state index contributed by atoms with van der Waals surface area (Å²) in [7, 11) is 0. The molecule has 0 heterocycles. The van der Waals surface area contributed by atoms with E-state index in [9.17, 15) is 0 Å². The molecule has 0 N–H and O–H groups in total. The molecular formula is C9H15. The normalized spacial score (nSPS) is 25.4. The molecule has 0 spiro atoms. The van der Waals surface area contributed by atoms with Crippen molar-refractivity contribution in [3.63, 3.8) is 0 Å². The Balaban J connectivity index is 2.68. The Morgan fingerprint density at radius 1 is 1.44 bits per heavy atom. The number of hydrogen-bond acceptors (Lipinski definition) is 0. The summed E-state index contributed by atoms with van der Waals surface area (Å²) in [5, 5.41) is 0. The van der Waals surface area contributed by atoms with Crippen molar-refractivity contribution in [1.82, 2.24) is 0 Å². The molecule has 0 saturated carbocycles. The predicted molar refractivity (Wildman–Crippen MR) is 41.1 cm³/mol. The minimum absolute atomic E-state index is 0.433. The van der Waals surface area contributed by atoms with Gasteiger partial charge in [0, 0.05) is 0 Å². The fourth-order valence-electron chi connectivity index (χ4n) is 1.46. The number of allylic oxidation sites excluding steroid dienone is 2. The summed E-state index contributed by atoms with van der Waals surface area (Å²) in [4.78, 5) is 0. The van der Waals surface area contributed by atoms with Gasteiger partial charge in [-0.05, 0) is 31.6 Å². The van der Waals surface area contributed by atoms with E-state index in [1.165, 1.54) is 18.4 Å². The van der Waals surface area contributed by atoms with Gasteiger partial charge in [0.1, 0.15) is 0 Å². The molecule has 0 aromatic rings. The summed E-state index contributed by atoms with van der Waals surface area (Å²) in [5.41, 5.74) is 1.95. The van der Waals surface area contributed by atoms with Gasteiger partial charge >= 0.3 is 0 Å². The molecule has 0 aliphatic heterocycles. The second kappa shape index (κ2) is 2.17. The van der Waals surface area contributed by atoms with Crippen molar-refractivity contribution < 1.29 is 0 Å². The topological polar surface area (TPSA) is 0 Å². The SMILES string of the molecule is CC1=CC(C)(C)C[CH]C1. The van der Waals surface area contributed by atoms with Gasteiger partial charge in [-0.2, -0.15) is 0 Å². The first-order valence-corrected chi connectivity index (χ1v) is 3.60. The molecule has 0 atom stereocenters. The lowest BCUT2D eigenvalue weighted by atomic mass is 9.80. The van der Waals surface area contributed by atoms with Crippen LogP contribution in [0.3, 0.4) is 0 Å². The van der Waals surface area contributed by atoms with Gasteiger partial charge in [-0.15, -0.1) is 0 Å². The quantitative estimate of drug-likeness (QED) is 0.434. The number of hydrogen-bond donors (Lipinski definition) is 0. The molecule has 0 heteroatoms. The molecule has 9 heavy (non-hydrogen) atoms. The van der Waals surface area contributed by atoms with E-state index in [1.54, 1.807) is 0 Å². The summed E-state index contributed by atoms with van der Waals surface area (Å²) < 4.78 is 0. The molecule has 0 fully saturated rings. The molecule has 0 nitrogen and oxygen atoms in total. The summed E-state index contributed by atoms with van der Waals surface area (Å²) >= 11 is 0. The third kappa shape index (κ3) is 1.85. The van der Waals surface area contributed by atoms with E-state index < -0.39 is 0 Å². The summed E-state index contributed by atoms with van der Waals surface area (Å²) in [6.45, 7) is 6.77. The number of rotatable bonds is 0. The van der Waals surface area contributed by atoms with Crippen LogP contribution in [0.5, 0.6) is 0 Å². The minimum atomic E-state index is 0.433. The van der Waals surface area contributed by atoms with Crippen molar-refractivity contribution in [2.24, 2.45) is 5.41 Å². The third-order valence-corrected chi connectivity index (χ3v) is 1.77. The minimum Gasteiger partial charge on any atom is -0.0799 e. The van der Waals surface area contributed by atoms with Crippen LogP contribution in [0, 0.1) is 11.8 Å². The predicted octanol–water partition coefficient (Wildman–Crippen LogP) is 2.96. The van der Waals surface area contributed by atoms with Crippen LogP contribution >= 0.6 is 0 Å². The Labute approximate surface area is 58.0 Å². The average molecular weight is 123 g/mol. The first-order chi connectivity index (χ1) is 4.10. The lowest BCUT2D eigenvalue weighted by Gasteiger charge is -2.25. The first kappa shape index (κ1) is 6.85. The van der Waals surface area contributed by atoms with Crippen LogP contribution in [-0.4, -0.2) is 0 Å². The standard InChI is InChI=1S/C9H15/c1-8-5-4-6-9(2,3)7-8/h4,7H,5-6H2,1-3H3. The van der Waals surface area contributed by atoms with E-state index >= 15 is 0 Å². The van der Waals surface area contributed by atoms with Crippen molar-refractivity contribution in [3.05, 3.63) is 18.1 Å². The van der Waals surface area contributed by atoms with Crippen LogP contribution in [-0.2, 0) is 0 Å². The molecule has 0 unspecified atom stereocenters. The van der Waals surface area contributed by atoms with E-state index in [0.717, 1.165) is 0 Å². The van der Waals surface area contributed by atoms with Gasteiger partial charge in [-0.1, -0.05) is 25.5 Å². The highest BCUT2D eigenvalue weighted by molar-refractivity contribution is 5.13. The zero-order valence-electron chi connectivity index (χ0n) is 6.57. The first-order valence-electron chi connectivity index (χ1n) is 3.60. The van der Waals surface area contributed by atoms with Crippen LogP contribution in [0.2, 0.25) is 0 Å². The van der Waals surface area contributed by atoms with Gasteiger partial charge in [0.25, 0.3) is 0 Å². The Morgan fingerprint density at radius 3 is 2.44 bits per heavy atom. The second-order valence-corrected chi connectivity index (χ2v) is 3.68. The van der Waals surface area contributed by atoms with E-state index in [4.69, 9.17) is 0 Å². The Kier molecular flexibility index (Phi) is 1.65. The van der Waals surface area contributed by atoms with Crippen LogP contribution in [0.4, 0.5) is 0 Å². The molecule has 0 aromatic carbocycles. The zero-order chi connectivity index (χ0) is 6.91. The Bertz CT molecular complexity index is 129. The van der Waals surface area contributed by atoms with Gasteiger partial charge in [-0.3, -0.25) is 0 Å². The lowest BCUT2D eigenvalue weighted by molar-refractivity contribution is 0.448. The van der Waals surface area contributed by atoms with E-state index in [0.29, 0.717) is 5.41 Å². The molecule has 0 saturated heterocycles. The van der Waals surface area contributed by atoms with Crippen LogP contribution in [0.25, 0.3) is 0 Å². The van der Waals surface area contributed by atoms with Crippen LogP contribution in [0.1, 0.15) is 33.6 Å². The van der Waals surface area contributed by atoms with E-state index in [2.05, 4.69) is 33.3 Å². The maximum absolute atomic E-state index is 2.38. The van der Waals surface area contributed by atoms with E-state index in [-0.39, 0.29) is 0 Å². The second-order valence-electron chi connectivity index (χ2n) is 3.68. The third-order valence-electron chi connectivity index (χ3n) is 1.77. The van der Waals surface area contributed by atoms with E-state index in [1.807, 2.05) is 0 Å². The van der Waals surface area contributed by atoms with Gasteiger partial charge in [0.15, 0.2) is 0 Å². The maximum Gasteiger partial charge on any atom is -0.0169 e. The highest BCUT2D eigenvalue weighted by Crippen LogP contribution is 2.31. The fraction of sp³-hybridized carbons (Fsp3) is 0.667. The van der Waals surface area contributed by atoms with Crippen molar-refractivity contribution in [2.45, 2.75) is 33.6 Å². The highest BCUT2D eigenvalue weighted by Gasteiger charge is 2.17. The van der Waals surface area contributed by atoms with Crippen molar-refractivity contribution in [1.29, 1.82) is 0 Å². The van der Waals surface area contributed by atoms with Crippen LogP contribution < -0.4 is 0 Å². The fourth-order valence-corrected chi connectivity index (χ4v) is 1.46. The molecule has 1 aliphatic rings. The van der Waals surface area contributed by atoms with Crippen molar-refractivity contribution in [3.8, 4) is 0 Å². The zero-order valence-corrected chi connectivity index (χ0v) is 6.57. The van der Waals surface area contributed by atoms with Gasteiger partial charge < -0.3 is 0 Å². The van der Waals surface area contributed by atoms with Crippen molar-refractivity contribution >= 4 is 0 Å². The molecule has 1 rings (SSSR count). The van der Waals surface area contributed by atoms with Gasteiger partial charge in [0.2, 0.25) is 0 Å². The molecule has 0 bridgehead atoms. The molecule has 51 valence electrons. The summed E-state index contributed by atoms with van der Waals surface area (Å²) in [5.74, 6) is 0. The average Bonchev–Trinajstić information content (AvgIpc) is 1.60. The maximum atomic E-state index is 2.38.